The molecule has 1 atom stereocenters. The van der Waals surface area contributed by atoms with Crippen molar-refractivity contribution in [1.82, 2.24) is 4.57 Å². The predicted molar refractivity (Wildman–Crippen MR) is 137 cm³/mol. The van der Waals surface area contributed by atoms with E-state index in [0.717, 1.165) is 10.8 Å². The molecule has 3 heterocycles. The van der Waals surface area contributed by atoms with Gasteiger partial charge in [0.1, 0.15) is 17.6 Å². The number of nitrogens with zero attached hydrogens (tertiary/aromatic N) is 2. The number of fused-ring (bicyclic) bond motifs is 2. The summed E-state index contributed by atoms with van der Waals surface area (Å²) in [6, 6.07) is 14.4. The molecule has 1 aliphatic rings. The number of allylic oxidation sites excluding steroid dienone is 1. The summed E-state index contributed by atoms with van der Waals surface area (Å²) in [7, 11) is 1.58. The first-order chi connectivity index (χ1) is 16.9. The third-order valence-corrected chi connectivity index (χ3v) is 7.22. The van der Waals surface area contributed by atoms with E-state index in [4.69, 9.17) is 13.9 Å². The number of esters is 1. The number of rotatable bonds is 5. The SMILES string of the molecule is CCOC(=O)C1=C(C)N=c2s/c(=C\c3ccc(Br)o3)c(=O)n2[C@H]1c1c(OC)ccc2ccccc12. The van der Waals surface area contributed by atoms with Gasteiger partial charge in [0.05, 0.1) is 29.5 Å². The molecule has 4 aromatic rings. The lowest BCUT2D eigenvalue weighted by molar-refractivity contribution is -0.139. The van der Waals surface area contributed by atoms with Crippen LogP contribution in [-0.4, -0.2) is 24.3 Å². The smallest absolute Gasteiger partial charge is 0.338 e. The van der Waals surface area contributed by atoms with Gasteiger partial charge in [0, 0.05) is 11.6 Å². The van der Waals surface area contributed by atoms with Crippen LogP contribution in [0.25, 0.3) is 16.8 Å². The highest BCUT2D eigenvalue weighted by atomic mass is 79.9. The van der Waals surface area contributed by atoms with Gasteiger partial charge in [-0.05, 0) is 58.7 Å². The van der Waals surface area contributed by atoms with Gasteiger partial charge < -0.3 is 13.9 Å². The Balaban J connectivity index is 1.86. The molecule has 178 valence electrons. The number of carbonyl (C=O) groups is 1. The Labute approximate surface area is 212 Å². The molecule has 35 heavy (non-hydrogen) atoms. The monoisotopic (exact) mass is 552 g/mol. The van der Waals surface area contributed by atoms with Gasteiger partial charge in [-0.15, -0.1) is 0 Å². The molecule has 0 unspecified atom stereocenters. The normalized spacial score (nSPS) is 15.8. The molecular formula is C26H21BrN2O5S. The first kappa shape index (κ1) is 23.3. The van der Waals surface area contributed by atoms with E-state index in [1.807, 2.05) is 36.4 Å². The zero-order chi connectivity index (χ0) is 24.7. The number of methoxy groups -OCH3 is 1. The van der Waals surface area contributed by atoms with Crippen LogP contribution in [0, 0.1) is 0 Å². The lowest BCUT2D eigenvalue weighted by Gasteiger charge is -2.27. The van der Waals surface area contributed by atoms with Crippen molar-refractivity contribution >= 4 is 50.1 Å². The maximum absolute atomic E-state index is 13.8. The zero-order valence-electron chi connectivity index (χ0n) is 19.2. The highest BCUT2D eigenvalue weighted by molar-refractivity contribution is 9.10. The standard InChI is InChI=1S/C26H21BrN2O5S/c1-4-33-25(31)21-14(2)28-26-29(24(30)19(35-26)13-16-10-12-20(27)34-16)23(21)22-17-8-6-5-7-15(17)9-11-18(22)32-3/h5-13,23H,4H2,1-3H3/b19-13-/t23-/m1/s1. The molecule has 0 spiro atoms. The maximum Gasteiger partial charge on any atom is 0.338 e. The van der Waals surface area contributed by atoms with Gasteiger partial charge in [0.2, 0.25) is 0 Å². The van der Waals surface area contributed by atoms with Crippen LogP contribution in [0.2, 0.25) is 0 Å². The van der Waals surface area contributed by atoms with Crippen LogP contribution in [0.5, 0.6) is 5.75 Å². The van der Waals surface area contributed by atoms with Crippen LogP contribution in [0.3, 0.4) is 0 Å². The molecule has 2 aromatic carbocycles. The van der Waals surface area contributed by atoms with E-state index < -0.39 is 12.0 Å². The highest BCUT2D eigenvalue weighted by Gasteiger charge is 2.36. The lowest BCUT2D eigenvalue weighted by atomic mass is 9.90. The molecule has 2 aromatic heterocycles. The number of hydrogen-bond acceptors (Lipinski definition) is 7. The van der Waals surface area contributed by atoms with Gasteiger partial charge in [-0.1, -0.05) is 41.7 Å². The van der Waals surface area contributed by atoms with Crippen molar-refractivity contribution < 1.29 is 18.7 Å². The van der Waals surface area contributed by atoms with E-state index in [-0.39, 0.29) is 12.2 Å². The number of hydrogen-bond donors (Lipinski definition) is 0. The Hall–Kier alpha value is -3.43. The minimum atomic E-state index is -0.781. The number of aromatic nitrogens is 1. The van der Waals surface area contributed by atoms with Gasteiger partial charge in [0.25, 0.3) is 5.56 Å². The summed E-state index contributed by atoms with van der Waals surface area (Å²) in [6.07, 6.45) is 1.68. The second-order valence-electron chi connectivity index (χ2n) is 7.85. The van der Waals surface area contributed by atoms with Gasteiger partial charge in [-0.3, -0.25) is 9.36 Å². The molecule has 0 amide bonds. The second-order valence-corrected chi connectivity index (χ2v) is 9.64. The fourth-order valence-corrected chi connectivity index (χ4v) is 5.68. The molecule has 0 bridgehead atoms. The van der Waals surface area contributed by atoms with Gasteiger partial charge in [-0.25, -0.2) is 9.79 Å². The number of halogens is 1. The van der Waals surface area contributed by atoms with Gasteiger partial charge >= 0.3 is 5.97 Å². The van der Waals surface area contributed by atoms with Crippen molar-refractivity contribution in [3.63, 3.8) is 0 Å². The molecule has 0 saturated carbocycles. The van der Waals surface area contributed by atoms with E-state index in [1.165, 1.54) is 11.3 Å². The van der Waals surface area contributed by atoms with Crippen LogP contribution in [0.1, 0.15) is 31.2 Å². The van der Waals surface area contributed by atoms with Crippen LogP contribution < -0.4 is 19.6 Å². The number of furan rings is 1. The Kier molecular flexibility index (Phi) is 6.21. The fraction of sp³-hybridized carbons (Fsp3) is 0.192. The first-order valence-electron chi connectivity index (χ1n) is 10.9. The van der Waals surface area contributed by atoms with Crippen LogP contribution in [0.4, 0.5) is 0 Å². The maximum atomic E-state index is 13.8. The molecule has 0 saturated heterocycles. The number of carbonyl (C=O) groups excluding carboxylic acids is 1. The summed E-state index contributed by atoms with van der Waals surface area (Å²) in [4.78, 5) is 32.1. The minimum Gasteiger partial charge on any atom is -0.496 e. The second kappa shape index (κ2) is 9.31. The van der Waals surface area contributed by atoms with Crippen molar-refractivity contribution in [3.8, 4) is 5.75 Å². The van der Waals surface area contributed by atoms with Crippen molar-refractivity contribution in [3.05, 3.63) is 95.5 Å². The largest absolute Gasteiger partial charge is 0.496 e. The van der Waals surface area contributed by atoms with Crippen molar-refractivity contribution in [2.45, 2.75) is 19.9 Å². The van der Waals surface area contributed by atoms with Crippen molar-refractivity contribution in [1.29, 1.82) is 0 Å². The molecule has 0 radical (unpaired) electrons. The van der Waals surface area contributed by atoms with E-state index in [0.29, 0.717) is 42.3 Å². The third kappa shape index (κ3) is 4.04. The Morgan fingerprint density at radius 3 is 2.74 bits per heavy atom. The zero-order valence-corrected chi connectivity index (χ0v) is 21.6. The van der Waals surface area contributed by atoms with Crippen molar-refractivity contribution in [2.24, 2.45) is 4.99 Å². The highest BCUT2D eigenvalue weighted by Crippen LogP contribution is 2.40. The van der Waals surface area contributed by atoms with Gasteiger partial charge in [-0.2, -0.15) is 0 Å². The van der Waals surface area contributed by atoms with E-state index in [2.05, 4.69) is 20.9 Å². The van der Waals surface area contributed by atoms with Crippen LogP contribution in [0.15, 0.2) is 78.7 Å². The quantitative estimate of drug-likeness (QED) is 0.344. The van der Waals surface area contributed by atoms with Gasteiger partial charge in [0.15, 0.2) is 9.47 Å². The summed E-state index contributed by atoms with van der Waals surface area (Å²) >= 11 is 4.53. The molecule has 9 heteroatoms. The number of ether oxygens (including phenoxy) is 2. The third-order valence-electron chi connectivity index (χ3n) is 5.81. The molecule has 0 aliphatic carbocycles. The summed E-state index contributed by atoms with van der Waals surface area (Å²) in [5.41, 5.74) is 1.23. The Bertz CT molecular complexity index is 1680. The van der Waals surface area contributed by atoms with E-state index in [1.54, 1.807) is 43.7 Å². The molecule has 7 nitrogen and oxygen atoms in total. The molecule has 0 N–H and O–H groups in total. The summed E-state index contributed by atoms with van der Waals surface area (Å²) in [5.74, 6) is 0.579. The topological polar surface area (TPSA) is 83.0 Å². The number of thiazole rings is 1. The lowest BCUT2D eigenvalue weighted by Crippen LogP contribution is -2.40. The average Bonchev–Trinajstić information content (AvgIpc) is 3.39. The van der Waals surface area contributed by atoms with E-state index in [9.17, 15) is 9.59 Å². The molecule has 0 fully saturated rings. The summed E-state index contributed by atoms with van der Waals surface area (Å²) in [6.45, 7) is 3.71. The fourth-order valence-electron chi connectivity index (χ4n) is 4.34. The molecular weight excluding hydrogens is 532 g/mol. The minimum absolute atomic E-state index is 0.201. The Morgan fingerprint density at radius 2 is 2.03 bits per heavy atom. The van der Waals surface area contributed by atoms with E-state index >= 15 is 0 Å². The molecule has 1 aliphatic heterocycles. The predicted octanol–water partition coefficient (Wildman–Crippen LogP) is 4.32. The first-order valence-corrected chi connectivity index (χ1v) is 12.5. The van der Waals surface area contributed by atoms with Crippen LogP contribution in [-0.2, 0) is 9.53 Å². The summed E-state index contributed by atoms with van der Waals surface area (Å²) < 4.78 is 19.3. The summed E-state index contributed by atoms with van der Waals surface area (Å²) in [5, 5.41) is 1.83. The number of benzene rings is 2. The Morgan fingerprint density at radius 1 is 1.23 bits per heavy atom. The van der Waals surface area contributed by atoms with Crippen LogP contribution >= 0.6 is 27.3 Å². The average molecular weight is 553 g/mol. The van der Waals surface area contributed by atoms with Crippen molar-refractivity contribution in [2.75, 3.05) is 13.7 Å². The molecule has 5 rings (SSSR count).